The van der Waals surface area contributed by atoms with Crippen molar-refractivity contribution in [2.45, 2.75) is 6.92 Å². The first-order valence-corrected chi connectivity index (χ1v) is 5.82. The van der Waals surface area contributed by atoms with Crippen LogP contribution in [-0.4, -0.2) is 4.98 Å². The Kier molecular flexibility index (Phi) is 2.59. The third-order valence-electron chi connectivity index (χ3n) is 2.81. The van der Waals surface area contributed by atoms with E-state index in [4.69, 9.17) is 10.2 Å². The Morgan fingerprint density at radius 3 is 2.89 bits per heavy atom. The average Bonchev–Trinajstić information content (AvgIpc) is 2.73. The van der Waals surface area contributed by atoms with Gasteiger partial charge in [0.25, 0.3) is 0 Å². The van der Waals surface area contributed by atoms with Gasteiger partial charge in [0, 0.05) is 12.6 Å². The van der Waals surface area contributed by atoms with E-state index in [0.29, 0.717) is 22.8 Å². The minimum atomic E-state index is -0.392. The van der Waals surface area contributed by atoms with Gasteiger partial charge in [0.1, 0.15) is 11.3 Å². The highest BCUT2D eigenvalue weighted by atomic mass is 19.1. The number of hydrogen-bond donors (Lipinski definition) is 2. The Bertz CT molecular complexity index is 731. The number of aryl methyl sites for hydroxylation is 1. The molecule has 3 aromatic rings. The van der Waals surface area contributed by atoms with E-state index in [1.165, 1.54) is 6.07 Å². The number of anilines is 3. The SMILES string of the molecule is Cc1nc2cc(Nc3c(N)cccc3F)ccc2o1. The molecule has 1 heterocycles. The summed E-state index contributed by atoms with van der Waals surface area (Å²) >= 11 is 0. The van der Waals surface area contributed by atoms with E-state index in [0.717, 1.165) is 5.52 Å². The first kappa shape index (κ1) is 11.5. The van der Waals surface area contributed by atoms with E-state index in [2.05, 4.69) is 10.3 Å². The first-order chi connectivity index (χ1) is 9.13. The van der Waals surface area contributed by atoms with Crippen molar-refractivity contribution in [3.05, 3.63) is 48.1 Å². The van der Waals surface area contributed by atoms with Gasteiger partial charge in [-0.25, -0.2) is 9.37 Å². The van der Waals surface area contributed by atoms with Gasteiger partial charge in [-0.2, -0.15) is 0 Å². The third kappa shape index (κ3) is 2.10. The fourth-order valence-corrected chi connectivity index (χ4v) is 1.94. The van der Waals surface area contributed by atoms with Crippen molar-refractivity contribution in [2.75, 3.05) is 11.1 Å². The standard InChI is InChI=1S/C14H12FN3O/c1-8-17-12-7-9(5-6-13(12)19-8)18-14-10(15)3-2-4-11(14)16/h2-7,18H,16H2,1H3. The lowest BCUT2D eigenvalue weighted by atomic mass is 10.2. The predicted octanol–water partition coefficient (Wildman–Crippen LogP) is 3.60. The molecule has 2 aromatic carbocycles. The van der Waals surface area contributed by atoms with Gasteiger partial charge in [-0.05, 0) is 30.3 Å². The summed E-state index contributed by atoms with van der Waals surface area (Å²) in [5.74, 6) is 0.203. The number of benzene rings is 2. The molecule has 0 unspecified atom stereocenters. The maximum Gasteiger partial charge on any atom is 0.192 e. The monoisotopic (exact) mass is 257 g/mol. The van der Waals surface area contributed by atoms with Crippen molar-refractivity contribution < 1.29 is 8.81 Å². The van der Waals surface area contributed by atoms with Crippen LogP contribution in [0.2, 0.25) is 0 Å². The van der Waals surface area contributed by atoms with Crippen LogP contribution in [0.3, 0.4) is 0 Å². The number of rotatable bonds is 2. The highest BCUT2D eigenvalue weighted by Crippen LogP contribution is 2.28. The van der Waals surface area contributed by atoms with Gasteiger partial charge in [0.2, 0.25) is 0 Å². The third-order valence-corrected chi connectivity index (χ3v) is 2.81. The van der Waals surface area contributed by atoms with E-state index in [9.17, 15) is 4.39 Å². The number of hydrogen-bond acceptors (Lipinski definition) is 4. The number of nitrogens with one attached hydrogen (secondary N) is 1. The van der Waals surface area contributed by atoms with Crippen LogP contribution >= 0.6 is 0 Å². The maximum atomic E-state index is 13.7. The summed E-state index contributed by atoms with van der Waals surface area (Å²) in [4.78, 5) is 4.23. The normalized spacial score (nSPS) is 10.8. The molecule has 19 heavy (non-hydrogen) atoms. The second-order valence-corrected chi connectivity index (χ2v) is 4.24. The Hall–Kier alpha value is -2.56. The van der Waals surface area contributed by atoms with Gasteiger partial charge >= 0.3 is 0 Å². The molecule has 0 aliphatic carbocycles. The zero-order valence-corrected chi connectivity index (χ0v) is 10.3. The Morgan fingerprint density at radius 2 is 2.11 bits per heavy atom. The molecular formula is C14H12FN3O. The van der Waals surface area contributed by atoms with Gasteiger partial charge in [0.05, 0.1) is 11.4 Å². The van der Waals surface area contributed by atoms with Crippen LogP contribution in [0.1, 0.15) is 5.89 Å². The number of fused-ring (bicyclic) bond motifs is 1. The van der Waals surface area contributed by atoms with E-state index >= 15 is 0 Å². The van der Waals surface area contributed by atoms with Crippen LogP contribution in [0, 0.1) is 12.7 Å². The lowest BCUT2D eigenvalue weighted by Gasteiger charge is -2.09. The predicted molar refractivity (Wildman–Crippen MR) is 72.8 cm³/mol. The van der Waals surface area contributed by atoms with Gasteiger partial charge < -0.3 is 15.5 Å². The Balaban J connectivity index is 2.01. The molecule has 0 saturated carbocycles. The summed E-state index contributed by atoms with van der Waals surface area (Å²) in [5, 5.41) is 2.96. The van der Waals surface area contributed by atoms with Crippen molar-refractivity contribution in [1.82, 2.24) is 4.98 Å². The molecule has 1 aromatic heterocycles. The van der Waals surface area contributed by atoms with E-state index in [-0.39, 0.29) is 5.69 Å². The van der Waals surface area contributed by atoms with Gasteiger partial charge in [-0.3, -0.25) is 0 Å². The molecule has 0 amide bonds. The molecule has 0 atom stereocenters. The fourth-order valence-electron chi connectivity index (χ4n) is 1.94. The molecule has 3 rings (SSSR count). The van der Waals surface area contributed by atoms with Crippen molar-refractivity contribution >= 4 is 28.2 Å². The molecule has 0 aliphatic heterocycles. The van der Waals surface area contributed by atoms with Crippen molar-refractivity contribution in [3.63, 3.8) is 0 Å². The van der Waals surface area contributed by atoms with Gasteiger partial charge in [-0.15, -0.1) is 0 Å². The van der Waals surface area contributed by atoms with Crippen LogP contribution in [0.5, 0.6) is 0 Å². The lowest BCUT2D eigenvalue weighted by Crippen LogP contribution is -1.98. The Labute approximate surface area is 109 Å². The van der Waals surface area contributed by atoms with Crippen molar-refractivity contribution in [3.8, 4) is 0 Å². The molecular weight excluding hydrogens is 245 g/mol. The number of oxazole rings is 1. The molecule has 4 nitrogen and oxygen atoms in total. The highest BCUT2D eigenvalue weighted by molar-refractivity contribution is 5.81. The number of nitrogen functional groups attached to an aromatic ring is 1. The molecule has 0 aliphatic rings. The molecule has 0 fully saturated rings. The first-order valence-electron chi connectivity index (χ1n) is 5.82. The van der Waals surface area contributed by atoms with Crippen LogP contribution in [0.4, 0.5) is 21.5 Å². The summed E-state index contributed by atoms with van der Waals surface area (Å²) in [7, 11) is 0. The topological polar surface area (TPSA) is 64.1 Å². The summed E-state index contributed by atoms with van der Waals surface area (Å²) in [6, 6.07) is 9.94. The molecule has 0 bridgehead atoms. The average molecular weight is 257 g/mol. The zero-order chi connectivity index (χ0) is 13.4. The number of aromatic nitrogens is 1. The maximum absolute atomic E-state index is 13.7. The van der Waals surface area contributed by atoms with E-state index in [1.54, 1.807) is 37.3 Å². The second kappa shape index (κ2) is 4.28. The summed E-state index contributed by atoms with van der Waals surface area (Å²) < 4.78 is 19.1. The number of nitrogens with two attached hydrogens (primary N) is 1. The minimum Gasteiger partial charge on any atom is -0.441 e. The van der Waals surface area contributed by atoms with Crippen LogP contribution in [-0.2, 0) is 0 Å². The minimum absolute atomic E-state index is 0.266. The van der Waals surface area contributed by atoms with Crippen LogP contribution in [0.15, 0.2) is 40.8 Å². The molecule has 0 radical (unpaired) electrons. The van der Waals surface area contributed by atoms with Crippen molar-refractivity contribution in [2.24, 2.45) is 0 Å². The van der Waals surface area contributed by atoms with Gasteiger partial charge in [0.15, 0.2) is 11.5 Å². The van der Waals surface area contributed by atoms with Crippen LogP contribution in [0.25, 0.3) is 11.1 Å². The second-order valence-electron chi connectivity index (χ2n) is 4.24. The molecule has 0 saturated heterocycles. The van der Waals surface area contributed by atoms with E-state index < -0.39 is 5.82 Å². The fraction of sp³-hybridized carbons (Fsp3) is 0.0714. The molecule has 0 spiro atoms. The number of halogens is 1. The zero-order valence-electron chi connectivity index (χ0n) is 10.3. The quantitative estimate of drug-likeness (QED) is 0.688. The van der Waals surface area contributed by atoms with E-state index in [1.807, 2.05) is 0 Å². The summed E-state index contributed by atoms with van der Waals surface area (Å²) in [6.45, 7) is 1.78. The molecule has 3 N–H and O–H groups in total. The van der Waals surface area contributed by atoms with Crippen molar-refractivity contribution in [1.29, 1.82) is 0 Å². The lowest BCUT2D eigenvalue weighted by molar-refractivity contribution is 0.561. The smallest absolute Gasteiger partial charge is 0.192 e. The molecule has 96 valence electrons. The largest absolute Gasteiger partial charge is 0.441 e. The Morgan fingerprint density at radius 1 is 1.26 bits per heavy atom. The number of para-hydroxylation sites is 1. The summed E-state index contributed by atoms with van der Waals surface area (Å²) in [5.41, 5.74) is 8.50. The number of nitrogens with zero attached hydrogens (tertiary/aromatic N) is 1. The summed E-state index contributed by atoms with van der Waals surface area (Å²) in [6.07, 6.45) is 0. The highest BCUT2D eigenvalue weighted by Gasteiger charge is 2.08. The van der Waals surface area contributed by atoms with Gasteiger partial charge in [-0.1, -0.05) is 6.07 Å². The van der Waals surface area contributed by atoms with Crippen LogP contribution < -0.4 is 11.1 Å². The molecule has 5 heteroatoms.